The number of rotatable bonds is 14. The highest BCUT2D eigenvalue weighted by atomic mass is 79.9. The van der Waals surface area contributed by atoms with Crippen LogP contribution in [0.4, 0.5) is 18.0 Å². The number of nitrogens with two attached hydrogens (primary N) is 1. The Morgan fingerprint density at radius 3 is 2.29 bits per heavy atom. The minimum atomic E-state index is -4.59. The predicted octanol–water partition coefficient (Wildman–Crippen LogP) is 7.58. The number of aryl methyl sites for hydroxylation is 1. The quantitative estimate of drug-likeness (QED) is 0.159. The van der Waals surface area contributed by atoms with Gasteiger partial charge in [0.15, 0.2) is 0 Å². The summed E-state index contributed by atoms with van der Waals surface area (Å²) in [5.74, 6) is -0.392. The van der Waals surface area contributed by atoms with Crippen molar-refractivity contribution in [3.05, 3.63) is 93.5 Å². The van der Waals surface area contributed by atoms with Crippen molar-refractivity contribution in [1.82, 2.24) is 5.32 Å². The third kappa shape index (κ3) is 10.2. The number of aliphatic hydroxyl groups is 1. The van der Waals surface area contributed by atoms with E-state index in [-0.39, 0.29) is 26.7 Å². The van der Waals surface area contributed by atoms with Crippen LogP contribution in [0.3, 0.4) is 0 Å². The highest BCUT2D eigenvalue weighted by Gasteiger charge is 2.31. The van der Waals surface area contributed by atoms with E-state index in [0.717, 1.165) is 57.1 Å². The molecule has 0 aliphatic carbocycles. The molecular formula is C31H34BrF3N2O4. The Labute approximate surface area is 246 Å². The van der Waals surface area contributed by atoms with Crippen LogP contribution in [0.5, 0.6) is 0 Å². The molecule has 41 heavy (non-hydrogen) atoms. The maximum Gasteiger partial charge on any atom is 0.416 e. The van der Waals surface area contributed by atoms with Crippen molar-refractivity contribution in [3.8, 4) is 11.1 Å². The lowest BCUT2D eigenvalue weighted by Crippen LogP contribution is -2.25. The van der Waals surface area contributed by atoms with Gasteiger partial charge in [-0.25, -0.2) is 4.79 Å². The summed E-state index contributed by atoms with van der Waals surface area (Å²) in [4.78, 5) is 24.0. The number of hydrogen-bond acceptors (Lipinski definition) is 4. The molecule has 220 valence electrons. The van der Waals surface area contributed by atoms with Gasteiger partial charge in [0.1, 0.15) is 12.7 Å². The molecule has 0 radical (unpaired) electrons. The van der Waals surface area contributed by atoms with Gasteiger partial charge in [0.25, 0.3) is 5.91 Å². The minimum Gasteiger partial charge on any atom is -0.447 e. The number of unbranched alkanes of at least 4 members (excludes halogenated alkanes) is 5. The Morgan fingerprint density at radius 1 is 0.927 bits per heavy atom. The summed E-state index contributed by atoms with van der Waals surface area (Å²) in [5, 5.41) is 13.6. The Morgan fingerprint density at radius 2 is 1.61 bits per heavy atom. The van der Waals surface area contributed by atoms with E-state index in [1.165, 1.54) is 29.8 Å². The van der Waals surface area contributed by atoms with Crippen LogP contribution in [-0.2, 0) is 17.3 Å². The topological polar surface area (TPSA) is 102 Å². The molecule has 3 rings (SSSR count). The number of carbonyl (C=O) groups excluding carboxylic acids is 2. The molecule has 2 amide bonds. The summed E-state index contributed by atoms with van der Waals surface area (Å²) in [5.41, 5.74) is 6.15. The summed E-state index contributed by atoms with van der Waals surface area (Å²) < 4.78 is 45.2. The second kappa shape index (κ2) is 15.6. The van der Waals surface area contributed by atoms with Gasteiger partial charge in [-0.05, 0) is 60.2 Å². The Kier molecular flexibility index (Phi) is 12.2. The maximum absolute atomic E-state index is 13.4. The molecule has 3 aromatic carbocycles. The van der Waals surface area contributed by atoms with E-state index in [0.29, 0.717) is 6.54 Å². The van der Waals surface area contributed by atoms with E-state index in [9.17, 15) is 27.9 Å². The number of carbonyl (C=O) groups is 2. The molecule has 10 heteroatoms. The fourth-order valence-electron chi connectivity index (χ4n) is 4.54. The van der Waals surface area contributed by atoms with Gasteiger partial charge in [0.05, 0.1) is 5.56 Å². The van der Waals surface area contributed by atoms with Crippen LogP contribution in [0.2, 0.25) is 0 Å². The maximum atomic E-state index is 13.4. The van der Waals surface area contributed by atoms with Crippen molar-refractivity contribution >= 4 is 27.9 Å². The lowest BCUT2D eigenvalue weighted by atomic mass is 9.93. The predicted molar refractivity (Wildman–Crippen MR) is 155 cm³/mol. The molecule has 1 atom stereocenters. The highest BCUT2D eigenvalue weighted by molar-refractivity contribution is 9.10. The van der Waals surface area contributed by atoms with Crippen LogP contribution < -0.4 is 11.1 Å². The van der Waals surface area contributed by atoms with Crippen molar-refractivity contribution < 1.29 is 32.6 Å². The van der Waals surface area contributed by atoms with Crippen LogP contribution in [-0.4, -0.2) is 30.3 Å². The molecule has 0 fully saturated rings. The summed E-state index contributed by atoms with van der Waals surface area (Å²) in [6.45, 7) is -0.0616. The standard InChI is InChI=1S/C31H34BrF3N2O4/c32-26-19-23(29(39)37-16-9-4-2-1-3-6-11-21-12-7-5-8-13-21)18-25(28(26)27(38)20-41-30(36)40)22-14-10-15-24(17-22)31(33,34)35/h5,7-8,10,12-15,17-19,27,38H,1-4,6,9,11,16,20H2,(H2,36,40)(H,37,39). The van der Waals surface area contributed by atoms with Gasteiger partial charge in [-0.1, -0.05) is 84.1 Å². The van der Waals surface area contributed by atoms with Gasteiger partial charge in [-0.15, -0.1) is 0 Å². The number of benzene rings is 3. The lowest BCUT2D eigenvalue weighted by molar-refractivity contribution is -0.137. The zero-order valence-corrected chi connectivity index (χ0v) is 24.1. The second-order valence-corrected chi connectivity index (χ2v) is 10.6. The number of ether oxygens (including phenoxy) is 1. The zero-order valence-electron chi connectivity index (χ0n) is 22.6. The first-order chi connectivity index (χ1) is 19.6. The van der Waals surface area contributed by atoms with Gasteiger partial charge in [-0.2, -0.15) is 13.2 Å². The number of halogens is 4. The Bertz CT molecular complexity index is 1300. The average molecular weight is 636 g/mol. The Hall–Kier alpha value is -3.37. The number of hydrogen-bond donors (Lipinski definition) is 3. The molecule has 0 spiro atoms. The molecule has 3 aromatic rings. The van der Waals surface area contributed by atoms with Crippen molar-refractivity contribution in [2.75, 3.05) is 13.2 Å². The first-order valence-corrected chi connectivity index (χ1v) is 14.3. The van der Waals surface area contributed by atoms with E-state index in [1.54, 1.807) is 0 Å². The van der Waals surface area contributed by atoms with Crippen molar-refractivity contribution in [3.63, 3.8) is 0 Å². The van der Waals surface area contributed by atoms with E-state index in [2.05, 4.69) is 33.4 Å². The molecule has 0 aliphatic rings. The molecule has 0 bridgehead atoms. The molecule has 0 aromatic heterocycles. The minimum absolute atomic E-state index is 0.135. The summed E-state index contributed by atoms with van der Waals surface area (Å²) in [6, 6.07) is 17.9. The van der Waals surface area contributed by atoms with Gasteiger partial charge in [0, 0.05) is 22.1 Å². The van der Waals surface area contributed by atoms with Gasteiger partial charge in [0.2, 0.25) is 0 Å². The van der Waals surface area contributed by atoms with Crippen LogP contribution in [0.15, 0.2) is 71.2 Å². The second-order valence-electron chi connectivity index (χ2n) is 9.76. The number of amides is 2. The molecule has 0 aliphatic heterocycles. The molecule has 6 nitrogen and oxygen atoms in total. The third-order valence-corrected chi connectivity index (χ3v) is 7.29. The van der Waals surface area contributed by atoms with Crippen LogP contribution in [0.1, 0.15) is 71.7 Å². The largest absolute Gasteiger partial charge is 0.447 e. The van der Waals surface area contributed by atoms with E-state index < -0.39 is 36.5 Å². The first-order valence-electron chi connectivity index (χ1n) is 13.5. The van der Waals surface area contributed by atoms with Crippen LogP contribution in [0.25, 0.3) is 11.1 Å². The van der Waals surface area contributed by atoms with E-state index in [1.807, 2.05) is 18.2 Å². The van der Waals surface area contributed by atoms with Crippen LogP contribution >= 0.6 is 15.9 Å². The normalized spacial score (nSPS) is 12.1. The van der Waals surface area contributed by atoms with E-state index in [4.69, 9.17) is 10.5 Å². The summed E-state index contributed by atoms with van der Waals surface area (Å²) >= 11 is 3.33. The molecule has 4 N–H and O–H groups in total. The number of primary amides is 1. The molecule has 1 unspecified atom stereocenters. The number of alkyl halides is 3. The van der Waals surface area contributed by atoms with Gasteiger partial charge in [-0.3, -0.25) is 4.79 Å². The third-order valence-electron chi connectivity index (χ3n) is 6.63. The van der Waals surface area contributed by atoms with Crippen LogP contribution in [0, 0.1) is 0 Å². The number of nitrogens with one attached hydrogen (secondary N) is 1. The SMILES string of the molecule is NC(=O)OCC(O)c1c(Br)cc(C(=O)NCCCCCCCCc2ccccc2)cc1-c1cccc(C(F)(F)F)c1. The molecule has 0 saturated carbocycles. The monoisotopic (exact) mass is 634 g/mol. The highest BCUT2D eigenvalue weighted by Crippen LogP contribution is 2.38. The summed E-state index contributed by atoms with van der Waals surface area (Å²) in [6.07, 6.45) is 0.214. The first kappa shape index (κ1) is 32.1. The van der Waals surface area contributed by atoms with Gasteiger partial charge >= 0.3 is 12.3 Å². The molecule has 0 saturated heterocycles. The van der Waals surface area contributed by atoms with Crippen molar-refractivity contribution in [2.45, 2.75) is 57.2 Å². The molecular weight excluding hydrogens is 601 g/mol. The molecule has 0 heterocycles. The smallest absolute Gasteiger partial charge is 0.416 e. The fraction of sp³-hybridized carbons (Fsp3) is 0.355. The average Bonchev–Trinajstić information content (AvgIpc) is 2.94. The van der Waals surface area contributed by atoms with Gasteiger partial charge < -0.3 is 20.9 Å². The van der Waals surface area contributed by atoms with Crippen molar-refractivity contribution in [1.29, 1.82) is 0 Å². The Balaban J connectivity index is 1.62. The zero-order chi connectivity index (χ0) is 29.8. The lowest BCUT2D eigenvalue weighted by Gasteiger charge is -2.20. The van der Waals surface area contributed by atoms with Crippen molar-refractivity contribution in [2.24, 2.45) is 5.73 Å². The summed E-state index contributed by atoms with van der Waals surface area (Å²) in [7, 11) is 0. The van der Waals surface area contributed by atoms with E-state index >= 15 is 0 Å². The number of aliphatic hydroxyl groups excluding tert-OH is 1. The fourth-order valence-corrected chi connectivity index (χ4v) is 5.27.